The van der Waals surface area contributed by atoms with Gasteiger partial charge in [-0.15, -0.1) is 0 Å². The highest BCUT2D eigenvalue weighted by atomic mass is 16.5. The van der Waals surface area contributed by atoms with Crippen molar-refractivity contribution in [2.45, 2.75) is 13.8 Å². The van der Waals surface area contributed by atoms with Crippen molar-refractivity contribution in [2.24, 2.45) is 5.10 Å². The molecular formula is C25H24N4O4. The average Bonchev–Trinajstić information content (AvgIpc) is 2.80. The van der Waals surface area contributed by atoms with Gasteiger partial charge in [0.1, 0.15) is 5.75 Å². The summed E-state index contributed by atoms with van der Waals surface area (Å²) in [6.07, 6.45) is 1.39. The molecule has 0 bridgehead atoms. The zero-order valence-electron chi connectivity index (χ0n) is 18.3. The highest BCUT2D eigenvalue weighted by molar-refractivity contribution is 6.39. The molecule has 3 aromatic rings. The van der Waals surface area contributed by atoms with Crippen molar-refractivity contribution in [3.63, 3.8) is 0 Å². The predicted molar refractivity (Wildman–Crippen MR) is 127 cm³/mol. The van der Waals surface area contributed by atoms with Crippen molar-refractivity contribution >= 4 is 35.3 Å². The van der Waals surface area contributed by atoms with Crippen LogP contribution in [0.2, 0.25) is 0 Å². The number of aryl methyl sites for hydroxylation is 2. The number of hydrogen-bond donors (Lipinski definition) is 3. The lowest BCUT2D eigenvalue weighted by Gasteiger charge is -2.08. The van der Waals surface area contributed by atoms with E-state index in [9.17, 15) is 14.4 Å². The predicted octanol–water partition coefficient (Wildman–Crippen LogP) is 3.41. The first-order valence-corrected chi connectivity index (χ1v) is 10.2. The summed E-state index contributed by atoms with van der Waals surface area (Å²) in [5.41, 5.74) is 6.16. The fourth-order valence-corrected chi connectivity index (χ4v) is 2.76. The molecular weight excluding hydrogens is 420 g/mol. The summed E-state index contributed by atoms with van der Waals surface area (Å²) < 4.78 is 5.48. The molecule has 0 unspecified atom stereocenters. The highest BCUT2D eigenvalue weighted by Crippen LogP contribution is 2.12. The fraction of sp³-hybridized carbons (Fsp3) is 0.120. The Bertz CT molecular complexity index is 1160. The van der Waals surface area contributed by atoms with E-state index in [1.165, 1.54) is 6.21 Å². The van der Waals surface area contributed by atoms with Crippen LogP contribution in [0.1, 0.15) is 16.7 Å². The van der Waals surface area contributed by atoms with Crippen LogP contribution in [0.15, 0.2) is 77.9 Å². The van der Waals surface area contributed by atoms with Crippen molar-refractivity contribution in [3.05, 3.63) is 89.5 Å². The maximum absolute atomic E-state index is 12.0. The molecule has 33 heavy (non-hydrogen) atoms. The molecule has 3 amide bonds. The third kappa shape index (κ3) is 7.62. The van der Waals surface area contributed by atoms with E-state index in [0.29, 0.717) is 22.7 Å². The van der Waals surface area contributed by atoms with Crippen LogP contribution in [-0.4, -0.2) is 30.5 Å². The Morgan fingerprint density at radius 2 is 1.55 bits per heavy atom. The summed E-state index contributed by atoms with van der Waals surface area (Å²) in [5.74, 6) is -1.46. The summed E-state index contributed by atoms with van der Waals surface area (Å²) in [4.78, 5) is 35.8. The second-order valence-corrected chi connectivity index (χ2v) is 7.29. The minimum atomic E-state index is -0.882. The van der Waals surface area contributed by atoms with Gasteiger partial charge in [-0.25, -0.2) is 5.43 Å². The molecule has 8 heteroatoms. The summed E-state index contributed by atoms with van der Waals surface area (Å²) in [6, 6.07) is 21.3. The molecule has 3 rings (SSSR count). The topological polar surface area (TPSA) is 109 Å². The quantitative estimate of drug-likeness (QED) is 0.295. The number of carbonyl (C=O) groups is 3. The first-order chi connectivity index (χ1) is 15.9. The Labute approximate surface area is 191 Å². The number of ether oxygens (including phenoxy) is 1. The summed E-state index contributed by atoms with van der Waals surface area (Å²) >= 11 is 0. The fourth-order valence-electron chi connectivity index (χ4n) is 2.76. The van der Waals surface area contributed by atoms with Gasteiger partial charge >= 0.3 is 11.8 Å². The molecule has 0 aliphatic carbocycles. The smallest absolute Gasteiger partial charge is 0.329 e. The third-order valence-corrected chi connectivity index (χ3v) is 4.45. The molecule has 0 atom stereocenters. The van der Waals surface area contributed by atoms with Crippen LogP contribution in [0.5, 0.6) is 5.75 Å². The number of hydrogen-bond acceptors (Lipinski definition) is 5. The molecule has 168 valence electrons. The third-order valence-electron chi connectivity index (χ3n) is 4.45. The van der Waals surface area contributed by atoms with Crippen molar-refractivity contribution in [1.82, 2.24) is 5.43 Å². The van der Waals surface area contributed by atoms with Crippen molar-refractivity contribution in [1.29, 1.82) is 0 Å². The zero-order valence-corrected chi connectivity index (χ0v) is 18.3. The molecule has 3 N–H and O–H groups in total. The number of anilines is 2. The Balaban J connectivity index is 1.42. The zero-order chi connectivity index (χ0) is 23.6. The van der Waals surface area contributed by atoms with Gasteiger partial charge in [0.15, 0.2) is 6.61 Å². The number of carbonyl (C=O) groups excluding carboxylic acids is 3. The van der Waals surface area contributed by atoms with Crippen LogP contribution < -0.4 is 20.8 Å². The van der Waals surface area contributed by atoms with Gasteiger partial charge in [0.2, 0.25) is 0 Å². The van der Waals surface area contributed by atoms with Gasteiger partial charge in [-0.2, -0.15) is 5.10 Å². The van der Waals surface area contributed by atoms with E-state index in [-0.39, 0.29) is 12.5 Å². The van der Waals surface area contributed by atoms with E-state index < -0.39 is 11.8 Å². The molecule has 0 aromatic heterocycles. The largest absolute Gasteiger partial charge is 0.484 e. The van der Waals surface area contributed by atoms with Gasteiger partial charge in [-0.05, 0) is 73.5 Å². The minimum Gasteiger partial charge on any atom is -0.484 e. The lowest BCUT2D eigenvalue weighted by Crippen LogP contribution is -2.32. The average molecular weight is 444 g/mol. The number of nitrogens with one attached hydrogen (secondary N) is 3. The first-order valence-electron chi connectivity index (χ1n) is 10.2. The molecule has 0 aliphatic heterocycles. The van der Waals surface area contributed by atoms with Gasteiger partial charge in [-0.1, -0.05) is 29.8 Å². The van der Waals surface area contributed by atoms with E-state index in [1.54, 1.807) is 42.5 Å². The number of hydrazone groups is 1. The van der Waals surface area contributed by atoms with Crippen LogP contribution in [0.4, 0.5) is 11.4 Å². The maximum atomic E-state index is 12.0. The second kappa shape index (κ2) is 11.2. The van der Waals surface area contributed by atoms with Crippen LogP contribution in [0, 0.1) is 13.8 Å². The van der Waals surface area contributed by atoms with Crippen LogP contribution in [0.25, 0.3) is 0 Å². The Morgan fingerprint density at radius 3 is 2.24 bits per heavy atom. The summed E-state index contributed by atoms with van der Waals surface area (Å²) in [5, 5.41) is 9.05. The van der Waals surface area contributed by atoms with E-state index in [2.05, 4.69) is 21.2 Å². The van der Waals surface area contributed by atoms with E-state index in [1.807, 2.05) is 44.2 Å². The molecule has 0 heterocycles. The van der Waals surface area contributed by atoms with Gasteiger partial charge in [0.25, 0.3) is 5.91 Å². The molecule has 3 aromatic carbocycles. The number of rotatable bonds is 7. The van der Waals surface area contributed by atoms with Crippen LogP contribution in [-0.2, 0) is 14.4 Å². The summed E-state index contributed by atoms with van der Waals surface area (Å²) in [6.45, 7) is 3.73. The SMILES string of the molecule is Cc1ccc(NC(=O)COc2ccc(/C=N\NC(=O)C(=O)Nc3cccc(C)c3)cc2)cc1. The normalized spacial score (nSPS) is 10.5. The lowest BCUT2D eigenvalue weighted by atomic mass is 10.2. The Morgan fingerprint density at radius 1 is 0.818 bits per heavy atom. The lowest BCUT2D eigenvalue weighted by molar-refractivity contribution is -0.136. The van der Waals surface area contributed by atoms with E-state index in [0.717, 1.165) is 11.1 Å². The molecule has 8 nitrogen and oxygen atoms in total. The molecule has 0 saturated carbocycles. The van der Waals surface area contributed by atoms with Gasteiger partial charge in [-0.3, -0.25) is 14.4 Å². The molecule has 0 spiro atoms. The van der Waals surface area contributed by atoms with Crippen LogP contribution >= 0.6 is 0 Å². The molecule has 0 fully saturated rings. The number of nitrogens with zero attached hydrogens (tertiary/aromatic N) is 1. The minimum absolute atomic E-state index is 0.132. The van der Waals surface area contributed by atoms with Crippen molar-refractivity contribution in [2.75, 3.05) is 17.2 Å². The molecule has 0 aliphatic rings. The number of benzene rings is 3. The van der Waals surface area contributed by atoms with Gasteiger partial charge < -0.3 is 15.4 Å². The Kier molecular flexibility index (Phi) is 7.91. The van der Waals surface area contributed by atoms with E-state index in [4.69, 9.17) is 4.74 Å². The first kappa shape index (κ1) is 23.2. The standard InChI is InChI=1S/C25H24N4O4/c1-17-6-10-20(11-7-17)27-23(30)16-33-22-12-8-19(9-13-22)15-26-29-25(32)24(31)28-21-5-3-4-18(2)14-21/h3-15H,16H2,1-2H3,(H,27,30)(H,28,31)(H,29,32)/b26-15-. The molecule has 0 saturated heterocycles. The van der Waals surface area contributed by atoms with Crippen LogP contribution in [0.3, 0.4) is 0 Å². The Hall–Kier alpha value is -4.46. The summed E-state index contributed by atoms with van der Waals surface area (Å²) in [7, 11) is 0. The highest BCUT2D eigenvalue weighted by Gasteiger charge is 2.12. The number of amides is 3. The maximum Gasteiger partial charge on any atom is 0.329 e. The molecule has 0 radical (unpaired) electrons. The van der Waals surface area contributed by atoms with Gasteiger partial charge in [0, 0.05) is 11.4 Å². The van der Waals surface area contributed by atoms with Crippen molar-refractivity contribution in [3.8, 4) is 5.75 Å². The van der Waals surface area contributed by atoms with E-state index >= 15 is 0 Å². The monoisotopic (exact) mass is 444 g/mol. The van der Waals surface area contributed by atoms with Gasteiger partial charge in [0.05, 0.1) is 6.21 Å². The second-order valence-electron chi connectivity index (χ2n) is 7.29. The van der Waals surface area contributed by atoms with Crippen molar-refractivity contribution < 1.29 is 19.1 Å².